The van der Waals surface area contributed by atoms with Crippen LogP contribution in [0.1, 0.15) is 12.0 Å². The van der Waals surface area contributed by atoms with Gasteiger partial charge in [0.1, 0.15) is 11.6 Å². The number of aliphatic hydroxyl groups is 1. The van der Waals surface area contributed by atoms with E-state index in [2.05, 4.69) is 0 Å². The van der Waals surface area contributed by atoms with Crippen molar-refractivity contribution in [3.05, 3.63) is 35.4 Å². The molecule has 1 unspecified atom stereocenters. The molecule has 0 aliphatic carbocycles. The average Bonchev–Trinajstić information content (AvgIpc) is 2.12. The second-order valence-electron chi connectivity index (χ2n) is 4.23. The largest absolute Gasteiger partial charge is 0.393 e. The Labute approximate surface area is 94.5 Å². The molecular weight excluding hydrogens is 212 g/mol. The van der Waals surface area contributed by atoms with Crippen LogP contribution in [0, 0.1) is 11.6 Å². The fourth-order valence-corrected chi connectivity index (χ4v) is 1.51. The van der Waals surface area contributed by atoms with Gasteiger partial charge in [-0.25, -0.2) is 8.78 Å². The molecule has 0 spiro atoms. The maximum atomic E-state index is 12.9. The van der Waals surface area contributed by atoms with Crippen LogP contribution in [0.5, 0.6) is 0 Å². The lowest BCUT2D eigenvalue weighted by Crippen LogP contribution is -2.20. The van der Waals surface area contributed by atoms with E-state index in [9.17, 15) is 13.9 Å². The topological polar surface area (TPSA) is 23.5 Å². The van der Waals surface area contributed by atoms with E-state index in [1.807, 2.05) is 19.0 Å². The number of hydrogen-bond acceptors (Lipinski definition) is 2. The lowest BCUT2D eigenvalue weighted by Gasteiger charge is -2.14. The van der Waals surface area contributed by atoms with Crippen molar-refractivity contribution in [2.24, 2.45) is 0 Å². The minimum Gasteiger partial charge on any atom is -0.393 e. The third kappa shape index (κ3) is 4.68. The van der Waals surface area contributed by atoms with Crippen LogP contribution in [0.3, 0.4) is 0 Å². The zero-order valence-electron chi connectivity index (χ0n) is 9.58. The quantitative estimate of drug-likeness (QED) is 0.832. The zero-order valence-corrected chi connectivity index (χ0v) is 9.58. The number of rotatable bonds is 5. The SMILES string of the molecule is CN(C)CCC(O)Cc1cc(F)cc(F)c1. The number of benzene rings is 1. The summed E-state index contributed by atoms with van der Waals surface area (Å²) in [7, 11) is 3.82. The van der Waals surface area contributed by atoms with Gasteiger partial charge in [0.25, 0.3) is 0 Å². The molecule has 0 radical (unpaired) electrons. The number of nitrogens with zero attached hydrogens (tertiary/aromatic N) is 1. The van der Waals surface area contributed by atoms with Crippen LogP contribution in [0.4, 0.5) is 8.78 Å². The fourth-order valence-electron chi connectivity index (χ4n) is 1.51. The van der Waals surface area contributed by atoms with Crippen LogP contribution in [-0.4, -0.2) is 36.8 Å². The van der Waals surface area contributed by atoms with Crippen LogP contribution < -0.4 is 0 Å². The van der Waals surface area contributed by atoms with Crippen molar-refractivity contribution in [3.63, 3.8) is 0 Å². The summed E-state index contributed by atoms with van der Waals surface area (Å²) >= 11 is 0. The molecule has 0 aromatic heterocycles. The molecule has 0 heterocycles. The van der Waals surface area contributed by atoms with Gasteiger partial charge in [0.15, 0.2) is 0 Å². The summed E-state index contributed by atoms with van der Waals surface area (Å²) in [6.07, 6.45) is 0.303. The Morgan fingerprint density at radius 2 is 1.75 bits per heavy atom. The minimum absolute atomic E-state index is 0.280. The maximum Gasteiger partial charge on any atom is 0.126 e. The van der Waals surface area contributed by atoms with E-state index in [-0.39, 0.29) is 6.42 Å². The first-order valence-electron chi connectivity index (χ1n) is 5.25. The first kappa shape index (κ1) is 13.1. The molecule has 1 rings (SSSR count). The molecule has 1 aromatic carbocycles. The molecule has 1 aromatic rings. The molecule has 0 saturated heterocycles. The summed E-state index contributed by atoms with van der Waals surface area (Å²) in [5.41, 5.74) is 0.490. The van der Waals surface area contributed by atoms with Gasteiger partial charge >= 0.3 is 0 Å². The molecule has 90 valence electrons. The second kappa shape index (κ2) is 5.92. The van der Waals surface area contributed by atoms with E-state index < -0.39 is 17.7 Å². The Balaban J connectivity index is 2.52. The van der Waals surface area contributed by atoms with Gasteiger partial charge in [-0.05, 0) is 51.2 Å². The Bertz CT molecular complexity index is 322. The second-order valence-corrected chi connectivity index (χ2v) is 4.23. The molecule has 0 bridgehead atoms. The summed E-state index contributed by atoms with van der Waals surface area (Å²) in [4.78, 5) is 1.95. The Hall–Kier alpha value is -1.00. The monoisotopic (exact) mass is 229 g/mol. The summed E-state index contributed by atoms with van der Waals surface area (Å²) < 4.78 is 25.7. The van der Waals surface area contributed by atoms with Crippen molar-refractivity contribution in [3.8, 4) is 0 Å². The number of aliphatic hydroxyl groups excluding tert-OH is 1. The van der Waals surface area contributed by atoms with E-state index in [1.54, 1.807) is 0 Å². The molecule has 1 atom stereocenters. The van der Waals surface area contributed by atoms with Gasteiger partial charge in [-0.15, -0.1) is 0 Å². The molecule has 0 aliphatic rings. The van der Waals surface area contributed by atoms with Gasteiger partial charge in [-0.2, -0.15) is 0 Å². The summed E-state index contributed by atoms with van der Waals surface area (Å²) in [6, 6.07) is 3.33. The molecule has 2 nitrogen and oxygen atoms in total. The van der Waals surface area contributed by atoms with Crippen LogP contribution in [0.15, 0.2) is 18.2 Å². The summed E-state index contributed by atoms with van der Waals surface area (Å²) in [5, 5.41) is 9.66. The van der Waals surface area contributed by atoms with Crippen molar-refractivity contribution in [1.82, 2.24) is 4.90 Å². The van der Waals surface area contributed by atoms with Crippen molar-refractivity contribution in [2.75, 3.05) is 20.6 Å². The molecule has 0 amide bonds. The lowest BCUT2D eigenvalue weighted by atomic mass is 10.1. The highest BCUT2D eigenvalue weighted by molar-refractivity contribution is 5.18. The van der Waals surface area contributed by atoms with E-state index in [0.29, 0.717) is 12.0 Å². The molecule has 16 heavy (non-hydrogen) atoms. The maximum absolute atomic E-state index is 12.9. The van der Waals surface area contributed by atoms with E-state index in [4.69, 9.17) is 0 Å². The molecule has 4 heteroatoms. The highest BCUT2D eigenvalue weighted by Gasteiger charge is 2.08. The van der Waals surface area contributed by atoms with Gasteiger partial charge in [-0.3, -0.25) is 0 Å². The molecule has 0 fully saturated rings. The van der Waals surface area contributed by atoms with Crippen molar-refractivity contribution >= 4 is 0 Å². The molecule has 0 aliphatic heterocycles. The Kier molecular flexibility index (Phi) is 4.83. The normalized spacial score (nSPS) is 13.1. The average molecular weight is 229 g/mol. The molecule has 1 N–H and O–H groups in total. The number of hydrogen-bond donors (Lipinski definition) is 1. The van der Waals surface area contributed by atoms with Crippen molar-refractivity contribution < 1.29 is 13.9 Å². The summed E-state index contributed by atoms with van der Waals surface area (Å²) in [6.45, 7) is 0.749. The Morgan fingerprint density at radius 1 is 1.19 bits per heavy atom. The van der Waals surface area contributed by atoms with Crippen LogP contribution in [-0.2, 0) is 6.42 Å². The van der Waals surface area contributed by atoms with E-state index >= 15 is 0 Å². The predicted molar refractivity (Wildman–Crippen MR) is 59.2 cm³/mol. The summed E-state index contributed by atoms with van der Waals surface area (Å²) in [5.74, 6) is -1.20. The smallest absolute Gasteiger partial charge is 0.126 e. The third-order valence-electron chi connectivity index (χ3n) is 2.30. The first-order valence-corrected chi connectivity index (χ1v) is 5.25. The zero-order chi connectivity index (χ0) is 12.1. The number of halogens is 2. The van der Waals surface area contributed by atoms with Gasteiger partial charge in [0.05, 0.1) is 6.10 Å². The van der Waals surface area contributed by atoms with Crippen molar-refractivity contribution in [1.29, 1.82) is 0 Å². The van der Waals surface area contributed by atoms with Gasteiger partial charge < -0.3 is 10.0 Å². The first-order chi connectivity index (χ1) is 7.47. The highest BCUT2D eigenvalue weighted by Crippen LogP contribution is 2.11. The van der Waals surface area contributed by atoms with E-state index in [1.165, 1.54) is 12.1 Å². The fraction of sp³-hybridized carbons (Fsp3) is 0.500. The van der Waals surface area contributed by atoms with Gasteiger partial charge in [0.2, 0.25) is 0 Å². The van der Waals surface area contributed by atoms with Gasteiger partial charge in [0, 0.05) is 6.07 Å². The van der Waals surface area contributed by atoms with Crippen molar-refractivity contribution in [2.45, 2.75) is 18.9 Å². The predicted octanol–water partition coefficient (Wildman–Crippen LogP) is 1.82. The Morgan fingerprint density at radius 3 is 2.25 bits per heavy atom. The third-order valence-corrected chi connectivity index (χ3v) is 2.30. The molecule has 0 saturated carbocycles. The van der Waals surface area contributed by atoms with Crippen LogP contribution in [0.25, 0.3) is 0 Å². The van der Waals surface area contributed by atoms with Gasteiger partial charge in [-0.1, -0.05) is 0 Å². The minimum atomic E-state index is -0.602. The van der Waals surface area contributed by atoms with E-state index in [0.717, 1.165) is 12.6 Å². The van der Waals surface area contributed by atoms with Crippen LogP contribution >= 0.6 is 0 Å². The molecular formula is C12H17F2NO. The lowest BCUT2D eigenvalue weighted by molar-refractivity contribution is 0.152. The van der Waals surface area contributed by atoms with Crippen LogP contribution in [0.2, 0.25) is 0 Å². The standard InChI is InChI=1S/C12H17F2NO/c1-15(2)4-3-12(16)7-9-5-10(13)8-11(14)6-9/h5-6,8,12,16H,3-4,7H2,1-2H3. The highest BCUT2D eigenvalue weighted by atomic mass is 19.1.